The largest absolute Gasteiger partial charge is 0.495 e. The molecule has 1 aliphatic heterocycles. The highest BCUT2D eigenvalue weighted by Gasteiger charge is 2.27. The topological polar surface area (TPSA) is 129 Å². The number of carbonyl (C=O) groups excluding carboxylic acids is 1. The lowest BCUT2D eigenvalue weighted by atomic mass is 10.2. The van der Waals surface area contributed by atoms with Gasteiger partial charge in [-0.15, -0.1) is 5.10 Å². The summed E-state index contributed by atoms with van der Waals surface area (Å²) < 4.78 is 39.3. The second-order valence-corrected chi connectivity index (χ2v) is 8.58. The molecule has 1 fully saturated rings. The van der Waals surface area contributed by atoms with Gasteiger partial charge in [0.05, 0.1) is 36.6 Å². The lowest BCUT2D eigenvalue weighted by Gasteiger charge is -2.26. The third-order valence-corrected chi connectivity index (χ3v) is 6.64. The number of benzene rings is 2. The number of tetrazole rings is 1. The average Bonchev–Trinajstić information content (AvgIpc) is 3.35. The zero-order valence-electron chi connectivity index (χ0n) is 16.6. The van der Waals surface area contributed by atoms with E-state index in [-0.39, 0.29) is 23.7 Å². The van der Waals surface area contributed by atoms with Gasteiger partial charge in [-0.3, -0.25) is 4.79 Å². The number of methoxy groups -OCH3 is 1. The van der Waals surface area contributed by atoms with E-state index in [0.29, 0.717) is 30.2 Å². The Balaban J connectivity index is 1.61. The summed E-state index contributed by atoms with van der Waals surface area (Å²) in [6, 6.07) is 11.1. The van der Waals surface area contributed by atoms with Gasteiger partial charge in [0.15, 0.2) is 0 Å². The average molecular weight is 444 g/mol. The van der Waals surface area contributed by atoms with Gasteiger partial charge in [0.2, 0.25) is 10.0 Å². The smallest absolute Gasteiger partial charge is 0.255 e. The molecule has 3 aromatic rings. The van der Waals surface area contributed by atoms with E-state index in [1.807, 2.05) is 0 Å². The first-order valence-electron chi connectivity index (χ1n) is 9.40. The van der Waals surface area contributed by atoms with Crippen LogP contribution in [0.3, 0.4) is 0 Å². The van der Waals surface area contributed by atoms with Gasteiger partial charge in [-0.1, -0.05) is 6.07 Å². The van der Waals surface area contributed by atoms with Crippen LogP contribution >= 0.6 is 0 Å². The Bertz CT molecular complexity index is 1180. The van der Waals surface area contributed by atoms with E-state index in [1.165, 1.54) is 40.6 Å². The molecule has 1 aliphatic rings. The van der Waals surface area contributed by atoms with Crippen LogP contribution in [-0.2, 0) is 14.8 Å². The Morgan fingerprint density at radius 2 is 1.97 bits per heavy atom. The zero-order valence-corrected chi connectivity index (χ0v) is 17.4. The number of anilines is 1. The first-order chi connectivity index (χ1) is 15.0. The molecule has 0 radical (unpaired) electrons. The number of sulfonamides is 1. The van der Waals surface area contributed by atoms with E-state index in [1.54, 1.807) is 24.3 Å². The fraction of sp³-hybridized carbons (Fsp3) is 0.263. The summed E-state index contributed by atoms with van der Waals surface area (Å²) in [7, 11) is -2.28. The van der Waals surface area contributed by atoms with Crippen LogP contribution in [0.25, 0.3) is 5.69 Å². The molecule has 0 spiro atoms. The lowest BCUT2D eigenvalue weighted by molar-refractivity contribution is 0.0730. The van der Waals surface area contributed by atoms with Crippen LogP contribution in [0.5, 0.6) is 5.75 Å². The van der Waals surface area contributed by atoms with Crippen molar-refractivity contribution in [3.63, 3.8) is 0 Å². The molecule has 11 nitrogen and oxygen atoms in total. The predicted octanol–water partition coefficient (Wildman–Crippen LogP) is 0.944. The van der Waals surface area contributed by atoms with Crippen molar-refractivity contribution in [1.82, 2.24) is 24.5 Å². The van der Waals surface area contributed by atoms with Gasteiger partial charge in [0.1, 0.15) is 12.1 Å². The van der Waals surface area contributed by atoms with Crippen molar-refractivity contribution in [3.8, 4) is 11.4 Å². The van der Waals surface area contributed by atoms with Crippen molar-refractivity contribution in [3.05, 3.63) is 54.4 Å². The van der Waals surface area contributed by atoms with Gasteiger partial charge < -0.3 is 14.8 Å². The van der Waals surface area contributed by atoms with Crippen LogP contribution in [-0.4, -0.2) is 72.3 Å². The van der Waals surface area contributed by atoms with Crippen LogP contribution in [0.4, 0.5) is 5.69 Å². The second-order valence-electron chi connectivity index (χ2n) is 6.64. The van der Waals surface area contributed by atoms with Crippen LogP contribution in [0.1, 0.15) is 10.4 Å². The molecule has 0 bridgehead atoms. The normalized spacial score (nSPS) is 14.9. The molecule has 4 rings (SSSR count). The predicted molar refractivity (Wildman–Crippen MR) is 110 cm³/mol. The fourth-order valence-corrected chi connectivity index (χ4v) is 4.58. The molecule has 31 heavy (non-hydrogen) atoms. The summed E-state index contributed by atoms with van der Waals surface area (Å²) >= 11 is 0. The number of hydrogen-bond acceptors (Lipinski definition) is 8. The highest BCUT2D eigenvalue weighted by atomic mass is 32.2. The van der Waals surface area contributed by atoms with Crippen LogP contribution < -0.4 is 10.1 Å². The molecular formula is C19H20N6O5S. The lowest BCUT2D eigenvalue weighted by Crippen LogP contribution is -2.40. The number of hydrogen-bond donors (Lipinski definition) is 1. The summed E-state index contributed by atoms with van der Waals surface area (Å²) in [5.74, 6) is -0.0972. The van der Waals surface area contributed by atoms with E-state index < -0.39 is 15.9 Å². The Labute approximate surface area is 178 Å². The summed E-state index contributed by atoms with van der Waals surface area (Å²) in [5.41, 5.74) is 1.19. The minimum Gasteiger partial charge on any atom is -0.495 e. The van der Waals surface area contributed by atoms with Crippen molar-refractivity contribution in [2.75, 3.05) is 38.7 Å². The van der Waals surface area contributed by atoms with Crippen molar-refractivity contribution < 1.29 is 22.7 Å². The molecule has 1 N–H and O–H groups in total. The Morgan fingerprint density at radius 3 is 2.68 bits per heavy atom. The molecule has 2 aromatic carbocycles. The molecule has 12 heteroatoms. The second kappa shape index (κ2) is 8.79. The van der Waals surface area contributed by atoms with Gasteiger partial charge in [-0.25, -0.2) is 13.1 Å². The van der Waals surface area contributed by atoms with Gasteiger partial charge in [0, 0.05) is 18.7 Å². The molecule has 0 unspecified atom stereocenters. The van der Waals surface area contributed by atoms with Gasteiger partial charge in [-0.05, 0) is 46.8 Å². The number of nitrogens with one attached hydrogen (secondary N) is 1. The minimum atomic E-state index is -3.73. The first kappa shape index (κ1) is 20.9. The maximum absolute atomic E-state index is 13.0. The number of aromatic nitrogens is 4. The highest BCUT2D eigenvalue weighted by molar-refractivity contribution is 7.89. The molecule has 1 amide bonds. The Hall–Kier alpha value is -3.35. The number of morpholine rings is 1. The van der Waals surface area contributed by atoms with E-state index in [9.17, 15) is 13.2 Å². The SMILES string of the molecule is COc1ccc(S(=O)(=O)N2CCOCC2)cc1NC(=O)c1cccc(-n2cnnn2)c1. The molecule has 162 valence electrons. The molecule has 0 aliphatic carbocycles. The summed E-state index contributed by atoms with van der Waals surface area (Å²) in [6.07, 6.45) is 1.42. The Morgan fingerprint density at radius 1 is 1.16 bits per heavy atom. The number of rotatable bonds is 6. The third kappa shape index (κ3) is 4.40. The fourth-order valence-electron chi connectivity index (χ4n) is 3.14. The van der Waals surface area contributed by atoms with Gasteiger partial charge in [-0.2, -0.15) is 4.31 Å². The van der Waals surface area contributed by atoms with E-state index >= 15 is 0 Å². The zero-order chi connectivity index (χ0) is 21.8. The van der Waals surface area contributed by atoms with Crippen molar-refractivity contribution >= 4 is 21.6 Å². The highest BCUT2D eigenvalue weighted by Crippen LogP contribution is 2.29. The maximum atomic E-state index is 13.0. The molecule has 2 heterocycles. The monoisotopic (exact) mass is 444 g/mol. The summed E-state index contributed by atoms with van der Waals surface area (Å²) in [4.78, 5) is 12.9. The number of amides is 1. The molecule has 1 aromatic heterocycles. The molecule has 0 saturated carbocycles. The van der Waals surface area contributed by atoms with E-state index in [2.05, 4.69) is 20.8 Å². The summed E-state index contributed by atoms with van der Waals surface area (Å²) in [5, 5.41) is 13.7. The maximum Gasteiger partial charge on any atom is 0.255 e. The van der Waals surface area contributed by atoms with Gasteiger partial charge in [0.25, 0.3) is 5.91 Å². The molecular weight excluding hydrogens is 424 g/mol. The van der Waals surface area contributed by atoms with Crippen molar-refractivity contribution in [2.45, 2.75) is 4.90 Å². The first-order valence-corrected chi connectivity index (χ1v) is 10.8. The molecule has 1 saturated heterocycles. The Kier molecular flexibility index (Phi) is 5.93. The summed E-state index contributed by atoms with van der Waals surface area (Å²) in [6.45, 7) is 1.24. The quantitative estimate of drug-likeness (QED) is 0.595. The van der Waals surface area contributed by atoms with Crippen LogP contribution in [0.2, 0.25) is 0 Å². The number of nitrogens with zero attached hydrogens (tertiary/aromatic N) is 5. The standard InChI is InChI=1S/C19H20N6O5S/c1-29-18-6-5-16(31(27,28)24-7-9-30-10-8-24)12-17(18)21-19(26)14-3-2-4-15(11-14)25-13-20-22-23-25/h2-6,11-13H,7-10H2,1H3,(H,21,26). The van der Waals surface area contributed by atoms with Gasteiger partial charge >= 0.3 is 0 Å². The van der Waals surface area contributed by atoms with E-state index in [0.717, 1.165) is 0 Å². The van der Waals surface area contributed by atoms with Crippen LogP contribution in [0.15, 0.2) is 53.7 Å². The number of carbonyl (C=O) groups is 1. The van der Waals surface area contributed by atoms with Crippen LogP contribution in [0, 0.1) is 0 Å². The minimum absolute atomic E-state index is 0.0629. The van der Waals surface area contributed by atoms with Crippen molar-refractivity contribution in [2.24, 2.45) is 0 Å². The van der Waals surface area contributed by atoms with E-state index in [4.69, 9.17) is 9.47 Å². The molecule has 0 atom stereocenters. The third-order valence-electron chi connectivity index (χ3n) is 4.75. The number of ether oxygens (including phenoxy) is 2. The van der Waals surface area contributed by atoms with Crippen molar-refractivity contribution in [1.29, 1.82) is 0 Å².